The Labute approximate surface area is 103 Å². The number of hydrogen-bond acceptors (Lipinski definition) is 2. The van der Waals surface area contributed by atoms with E-state index in [-0.39, 0.29) is 5.82 Å². The number of benzene rings is 1. The van der Waals surface area contributed by atoms with Crippen LogP contribution in [0, 0.1) is 11.7 Å². The minimum Gasteiger partial charge on any atom is -0.494 e. The summed E-state index contributed by atoms with van der Waals surface area (Å²) >= 11 is 0. The normalized spacial score (nSPS) is 12.5. The molecule has 0 heterocycles. The first kappa shape index (κ1) is 14.0. The van der Waals surface area contributed by atoms with Gasteiger partial charge in [0.1, 0.15) is 0 Å². The molecule has 3 heteroatoms. The van der Waals surface area contributed by atoms with Gasteiger partial charge in [-0.3, -0.25) is 0 Å². The monoisotopic (exact) mass is 239 g/mol. The summed E-state index contributed by atoms with van der Waals surface area (Å²) in [5.41, 5.74) is 0.743. The van der Waals surface area contributed by atoms with Crippen LogP contribution in [-0.4, -0.2) is 20.2 Å². The number of rotatable bonds is 7. The first-order valence-corrected chi connectivity index (χ1v) is 6.21. The van der Waals surface area contributed by atoms with Gasteiger partial charge in [-0.05, 0) is 43.5 Å². The largest absolute Gasteiger partial charge is 0.494 e. The van der Waals surface area contributed by atoms with E-state index in [4.69, 9.17) is 4.74 Å². The predicted octanol–water partition coefficient (Wildman–Crippen LogP) is 3.01. The number of halogens is 1. The molecule has 0 radical (unpaired) electrons. The Morgan fingerprint density at radius 3 is 2.82 bits per heavy atom. The molecule has 0 fully saturated rings. The van der Waals surface area contributed by atoms with Gasteiger partial charge < -0.3 is 10.1 Å². The van der Waals surface area contributed by atoms with Crippen LogP contribution in [0.5, 0.6) is 5.75 Å². The van der Waals surface area contributed by atoms with Crippen LogP contribution in [0.4, 0.5) is 4.39 Å². The zero-order valence-electron chi connectivity index (χ0n) is 10.9. The second kappa shape index (κ2) is 7.28. The molecule has 1 N–H and O–H groups in total. The van der Waals surface area contributed by atoms with Gasteiger partial charge in [-0.25, -0.2) is 4.39 Å². The maximum atomic E-state index is 13.8. The van der Waals surface area contributed by atoms with Crippen molar-refractivity contribution < 1.29 is 9.13 Å². The van der Waals surface area contributed by atoms with E-state index >= 15 is 0 Å². The van der Waals surface area contributed by atoms with Crippen molar-refractivity contribution in [3.8, 4) is 5.75 Å². The Morgan fingerprint density at radius 2 is 2.18 bits per heavy atom. The molecule has 96 valence electrons. The standard InChI is InChI=1S/C14H22FNO/c1-4-16-10-11(2)8-9-12-6-5-7-13(17-3)14(12)15/h5-7,11,16H,4,8-10H2,1-3H3. The first-order valence-electron chi connectivity index (χ1n) is 6.21. The van der Waals surface area contributed by atoms with E-state index in [1.54, 1.807) is 6.07 Å². The molecule has 0 saturated heterocycles. The van der Waals surface area contributed by atoms with E-state index in [1.165, 1.54) is 7.11 Å². The third-order valence-electron chi connectivity index (χ3n) is 2.91. The number of ether oxygens (including phenoxy) is 1. The summed E-state index contributed by atoms with van der Waals surface area (Å²) in [5, 5.41) is 3.30. The summed E-state index contributed by atoms with van der Waals surface area (Å²) in [5.74, 6) is 0.674. The van der Waals surface area contributed by atoms with E-state index < -0.39 is 0 Å². The van der Waals surface area contributed by atoms with Crippen LogP contribution in [0.15, 0.2) is 18.2 Å². The molecule has 17 heavy (non-hydrogen) atoms. The van der Waals surface area contributed by atoms with Gasteiger partial charge in [0.25, 0.3) is 0 Å². The molecule has 0 spiro atoms. The Bertz CT molecular complexity index is 341. The fourth-order valence-electron chi connectivity index (χ4n) is 1.80. The van der Waals surface area contributed by atoms with E-state index in [2.05, 4.69) is 19.2 Å². The van der Waals surface area contributed by atoms with Gasteiger partial charge in [0.05, 0.1) is 7.11 Å². The van der Waals surface area contributed by atoms with Crippen LogP contribution in [0.2, 0.25) is 0 Å². The number of aryl methyl sites for hydroxylation is 1. The van der Waals surface area contributed by atoms with Crippen LogP contribution >= 0.6 is 0 Å². The lowest BCUT2D eigenvalue weighted by Crippen LogP contribution is -2.21. The van der Waals surface area contributed by atoms with Gasteiger partial charge in [0.2, 0.25) is 0 Å². The Balaban J connectivity index is 2.51. The van der Waals surface area contributed by atoms with Gasteiger partial charge in [-0.1, -0.05) is 26.0 Å². The molecule has 0 amide bonds. The van der Waals surface area contributed by atoms with Crippen molar-refractivity contribution in [3.05, 3.63) is 29.6 Å². The Hall–Kier alpha value is -1.09. The van der Waals surface area contributed by atoms with Crippen molar-refractivity contribution in [3.63, 3.8) is 0 Å². The number of methoxy groups -OCH3 is 1. The van der Waals surface area contributed by atoms with Crippen molar-refractivity contribution in [2.24, 2.45) is 5.92 Å². The SMILES string of the molecule is CCNCC(C)CCc1cccc(OC)c1F. The fourth-order valence-corrected chi connectivity index (χ4v) is 1.80. The molecule has 0 aliphatic carbocycles. The van der Waals surface area contributed by atoms with Gasteiger partial charge in [-0.15, -0.1) is 0 Å². The maximum Gasteiger partial charge on any atom is 0.168 e. The Morgan fingerprint density at radius 1 is 1.41 bits per heavy atom. The van der Waals surface area contributed by atoms with E-state index in [0.29, 0.717) is 11.7 Å². The third-order valence-corrected chi connectivity index (χ3v) is 2.91. The van der Waals surface area contributed by atoms with Crippen LogP contribution in [0.25, 0.3) is 0 Å². The summed E-state index contributed by atoms with van der Waals surface area (Å²) < 4.78 is 18.8. The molecular formula is C14H22FNO. The Kier molecular flexibility index (Phi) is 5.98. The highest BCUT2D eigenvalue weighted by Crippen LogP contribution is 2.21. The maximum absolute atomic E-state index is 13.8. The molecule has 1 aromatic rings. The van der Waals surface area contributed by atoms with Crippen LogP contribution < -0.4 is 10.1 Å². The van der Waals surface area contributed by atoms with Crippen molar-refractivity contribution >= 4 is 0 Å². The van der Waals surface area contributed by atoms with Crippen LogP contribution in [0.3, 0.4) is 0 Å². The quantitative estimate of drug-likeness (QED) is 0.789. The molecule has 1 rings (SSSR count). The zero-order valence-corrected chi connectivity index (χ0v) is 10.9. The smallest absolute Gasteiger partial charge is 0.168 e. The highest BCUT2D eigenvalue weighted by Gasteiger charge is 2.09. The lowest BCUT2D eigenvalue weighted by Gasteiger charge is -2.12. The van der Waals surface area contributed by atoms with Gasteiger partial charge in [0, 0.05) is 0 Å². The fraction of sp³-hybridized carbons (Fsp3) is 0.571. The second-order valence-electron chi connectivity index (χ2n) is 4.38. The van der Waals surface area contributed by atoms with E-state index in [9.17, 15) is 4.39 Å². The van der Waals surface area contributed by atoms with Gasteiger partial charge >= 0.3 is 0 Å². The summed E-state index contributed by atoms with van der Waals surface area (Å²) in [6.07, 6.45) is 1.74. The molecule has 0 aliphatic heterocycles. The van der Waals surface area contributed by atoms with Crippen LogP contribution in [0.1, 0.15) is 25.8 Å². The molecule has 0 saturated carbocycles. The summed E-state index contributed by atoms with van der Waals surface area (Å²) in [6.45, 7) is 6.25. The summed E-state index contributed by atoms with van der Waals surface area (Å²) in [6, 6.07) is 5.32. The number of nitrogens with one attached hydrogen (secondary N) is 1. The van der Waals surface area contributed by atoms with E-state index in [0.717, 1.165) is 31.5 Å². The highest BCUT2D eigenvalue weighted by molar-refractivity contribution is 5.31. The first-order chi connectivity index (χ1) is 8.19. The van der Waals surface area contributed by atoms with Gasteiger partial charge in [0.15, 0.2) is 11.6 Å². The van der Waals surface area contributed by atoms with Crippen molar-refractivity contribution in [2.45, 2.75) is 26.7 Å². The molecule has 0 bridgehead atoms. The van der Waals surface area contributed by atoms with Crippen molar-refractivity contribution in [1.82, 2.24) is 5.32 Å². The zero-order chi connectivity index (χ0) is 12.7. The average molecular weight is 239 g/mol. The second-order valence-corrected chi connectivity index (χ2v) is 4.38. The lowest BCUT2D eigenvalue weighted by molar-refractivity contribution is 0.382. The minimum absolute atomic E-state index is 0.217. The summed E-state index contributed by atoms with van der Waals surface area (Å²) in [4.78, 5) is 0. The van der Waals surface area contributed by atoms with Crippen molar-refractivity contribution in [1.29, 1.82) is 0 Å². The van der Waals surface area contributed by atoms with Crippen molar-refractivity contribution in [2.75, 3.05) is 20.2 Å². The molecule has 0 aliphatic rings. The lowest BCUT2D eigenvalue weighted by atomic mass is 10.0. The number of hydrogen-bond donors (Lipinski definition) is 1. The molecule has 2 nitrogen and oxygen atoms in total. The predicted molar refractivity (Wildman–Crippen MR) is 69.0 cm³/mol. The molecule has 1 aromatic carbocycles. The molecule has 1 unspecified atom stereocenters. The average Bonchev–Trinajstić information content (AvgIpc) is 2.35. The molecule has 1 atom stereocenters. The molecule has 0 aromatic heterocycles. The third kappa shape index (κ3) is 4.35. The highest BCUT2D eigenvalue weighted by atomic mass is 19.1. The van der Waals surface area contributed by atoms with Gasteiger partial charge in [-0.2, -0.15) is 0 Å². The van der Waals surface area contributed by atoms with E-state index in [1.807, 2.05) is 12.1 Å². The topological polar surface area (TPSA) is 21.3 Å². The summed E-state index contributed by atoms with van der Waals surface area (Å²) in [7, 11) is 1.50. The van der Waals surface area contributed by atoms with Crippen LogP contribution in [-0.2, 0) is 6.42 Å². The minimum atomic E-state index is -0.217. The molecular weight excluding hydrogens is 217 g/mol.